The largest absolute Gasteiger partial charge is 0.481 e. The van der Waals surface area contributed by atoms with Crippen molar-refractivity contribution in [1.29, 1.82) is 0 Å². The van der Waals surface area contributed by atoms with E-state index >= 15 is 0 Å². The number of aliphatic hydroxyl groups excluding tert-OH is 1. The van der Waals surface area contributed by atoms with Crippen LogP contribution in [-0.2, 0) is 11.3 Å². The summed E-state index contributed by atoms with van der Waals surface area (Å²) in [5, 5.41) is 18.8. The monoisotopic (exact) mass is 304 g/mol. The van der Waals surface area contributed by atoms with Crippen molar-refractivity contribution in [3.8, 4) is 0 Å². The number of aliphatic hydroxyl groups is 1. The van der Waals surface area contributed by atoms with Crippen LogP contribution in [-0.4, -0.2) is 40.4 Å². The smallest absolute Gasteiger partial charge is 0.305 e. The number of hydrogen-bond acceptors (Lipinski definition) is 4. The molecule has 1 heterocycles. The lowest BCUT2D eigenvalue weighted by Crippen LogP contribution is -2.26. The van der Waals surface area contributed by atoms with Crippen molar-refractivity contribution >= 4 is 22.6 Å². The Balaban J connectivity index is 2.39. The van der Waals surface area contributed by atoms with E-state index in [1.54, 1.807) is 6.07 Å². The van der Waals surface area contributed by atoms with Crippen molar-refractivity contribution in [3.63, 3.8) is 0 Å². The Kier molecular flexibility index (Phi) is 5.16. The SMILES string of the molecule is CCN(CCC(=O)O)c1ccc2c(ccc(=O)n2CCO)c1. The number of carbonyl (C=O) groups is 1. The highest BCUT2D eigenvalue weighted by atomic mass is 16.4. The van der Waals surface area contributed by atoms with E-state index in [4.69, 9.17) is 10.2 Å². The van der Waals surface area contributed by atoms with E-state index in [1.165, 1.54) is 10.6 Å². The molecule has 0 aliphatic carbocycles. The van der Waals surface area contributed by atoms with Gasteiger partial charge in [-0.25, -0.2) is 0 Å². The molecule has 0 bridgehead atoms. The van der Waals surface area contributed by atoms with Gasteiger partial charge in [-0.05, 0) is 31.2 Å². The molecule has 6 heteroatoms. The maximum atomic E-state index is 11.9. The van der Waals surface area contributed by atoms with Crippen LogP contribution in [0.2, 0.25) is 0 Å². The van der Waals surface area contributed by atoms with E-state index in [1.807, 2.05) is 30.0 Å². The first-order valence-electron chi connectivity index (χ1n) is 7.28. The first-order valence-corrected chi connectivity index (χ1v) is 7.28. The summed E-state index contributed by atoms with van der Waals surface area (Å²) in [5.41, 5.74) is 1.54. The van der Waals surface area contributed by atoms with E-state index in [0.29, 0.717) is 13.1 Å². The van der Waals surface area contributed by atoms with E-state index in [2.05, 4.69) is 0 Å². The van der Waals surface area contributed by atoms with E-state index in [0.717, 1.165) is 16.6 Å². The van der Waals surface area contributed by atoms with Crippen molar-refractivity contribution in [1.82, 2.24) is 4.57 Å². The summed E-state index contributed by atoms with van der Waals surface area (Å²) in [6, 6.07) is 8.88. The van der Waals surface area contributed by atoms with Crippen molar-refractivity contribution in [2.75, 3.05) is 24.6 Å². The van der Waals surface area contributed by atoms with Crippen molar-refractivity contribution in [2.45, 2.75) is 19.9 Å². The number of hydrogen-bond donors (Lipinski definition) is 2. The average molecular weight is 304 g/mol. The van der Waals surface area contributed by atoms with Crippen LogP contribution in [0.4, 0.5) is 5.69 Å². The molecule has 6 nitrogen and oxygen atoms in total. The molecule has 0 unspecified atom stereocenters. The number of anilines is 1. The molecule has 1 aromatic carbocycles. The molecule has 0 aliphatic heterocycles. The van der Waals surface area contributed by atoms with Crippen LogP contribution >= 0.6 is 0 Å². The number of nitrogens with zero attached hydrogens (tertiary/aromatic N) is 2. The molecule has 2 aromatic rings. The third-order valence-electron chi connectivity index (χ3n) is 3.64. The van der Waals surface area contributed by atoms with Crippen LogP contribution in [0.3, 0.4) is 0 Å². The van der Waals surface area contributed by atoms with E-state index in [-0.39, 0.29) is 25.1 Å². The van der Waals surface area contributed by atoms with Gasteiger partial charge in [0, 0.05) is 36.8 Å². The Morgan fingerprint density at radius 1 is 1.27 bits per heavy atom. The van der Waals surface area contributed by atoms with Crippen LogP contribution in [0.15, 0.2) is 35.1 Å². The number of rotatable bonds is 7. The molecule has 0 spiro atoms. The highest BCUT2D eigenvalue weighted by Gasteiger charge is 2.09. The van der Waals surface area contributed by atoms with Crippen LogP contribution in [0, 0.1) is 0 Å². The zero-order valence-electron chi connectivity index (χ0n) is 12.5. The van der Waals surface area contributed by atoms with Crippen LogP contribution in [0.25, 0.3) is 10.9 Å². The molecule has 0 saturated heterocycles. The summed E-state index contributed by atoms with van der Waals surface area (Å²) < 4.78 is 1.53. The molecule has 118 valence electrons. The van der Waals surface area contributed by atoms with Gasteiger partial charge in [-0.15, -0.1) is 0 Å². The minimum atomic E-state index is -0.823. The van der Waals surface area contributed by atoms with Gasteiger partial charge in [-0.1, -0.05) is 0 Å². The molecule has 0 radical (unpaired) electrons. The molecular formula is C16H20N2O4. The topological polar surface area (TPSA) is 82.8 Å². The first kappa shape index (κ1) is 16.0. The fraction of sp³-hybridized carbons (Fsp3) is 0.375. The number of aromatic nitrogens is 1. The third kappa shape index (κ3) is 3.46. The zero-order chi connectivity index (χ0) is 16.1. The van der Waals surface area contributed by atoms with Crippen molar-refractivity contribution < 1.29 is 15.0 Å². The number of fused-ring (bicyclic) bond motifs is 1. The Hall–Kier alpha value is -2.34. The van der Waals surface area contributed by atoms with E-state index in [9.17, 15) is 9.59 Å². The van der Waals surface area contributed by atoms with Gasteiger partial charge in [-0.2, -0.15) is 0 Å². The second-order valence-corrected chi connectivity index (χ2v) is 5.01. The number of benzene rings is 1. The Morgan fingerprint density at radius 2 is 2.05 bits per heavy atom. The Morgan fingerprint density at radius 3 is 2.68 bits per heavy atom. The summed E-state index contributed by atoms with van der Waals surface area (Å²) in [6.45, 7) is 3.27. The molecule has 0 fully saturated rings. The minimum absolute atomic E-state index is 0.0793. The summed E-state index contributed by atoms with van der Waals surface area (Å²) in [7, 11) is 0. The number of pyridine rings is 1. The summed E-state index contributed by atoms with van der Waals surface area (Å²) in [6.07, 6.45) is 0.0793. The average Bonchev–Trinajstić information content (AvgIpc) is 2.50. The maximum absolute atomic E-state index is 11.9. The number of aliphatic carboxylic acids is 1. The normalized spacial score (nSPS) is 10.8. The molecule has 0 saturated carbocycles. The quantitative estimate of drug-likeness (QED) is 0.805. The van der Waals surface area contributed by atoms with Gasteiger partial charge in [0.1, 0.15) is 0 Å². The predicted octanol–water partition coefficient (Wildman–Crippen LogP) is 1.29. The lowest BCUT2D eigenvalue weighted by Gasteiger charge is -2.23. The van der Waals surface area contributed by atoms with Crippen LogP contribution in [0.5, 0.6) is 0 Å². The molecular weight excluding hydrogens is 284 g/mol. The summed E-state index contributed by atoms with van der Waals surface area (Å²) in [5.74, 6) is -0.823. The minimum Gasteiger partial charge on any atom is -0.481 e. The van der Waals surface area contributed by atoms with Crippen LogP contribution in [0.1, 0.15) is 13.3 Å². The zero-order valence-corrected chi connectivity index (χ0v) is 12.5. The van der Waals surface area contributed by atoms with Crippen molar-refractivity contribution in [3.05, 3.63) is 40.7 Å². The van der Waals surface area contributed by atoms with Crippen molar-refractivity contribution in [2.24, 2.45) is 0 Å². The van der Waals surface area contributed by atoms with Gasteiger partial charge >= 0.3 is 5.97 Å². The third-order valence-corrected chi connectivity index (χ3v) is 3.64. The van der Waals surface area contributed by atoms with Gasteiger partial charge in [0.05, 0.1) is 18.5 Å². The standard InChI is InChI=1S/C16H20N2O4/c1-2-17(8-7-16(21)22)13-4-5-14-12(11-13)3-6-15(20)18(14)9-10-19/h3-6,11,19H,2,7-10H2,1H3,(H,21,22). The molecule has 2 N–H and O–H groups in total. The lowest BCUT2D eigenvalue weighted by atomic mass is 10.1. The van der Waals surface area contributed by atoms with Gasteiger partial charge in [0.15, 0.2) is 0 Å². The van der Waals surface area contributed by atoms with Crippen LogP contribution < -0.4 is 10.5 Å². The molecule has 0 aliphatic rings. The second-order valence-electron chi connectivity index (χ2n) is 5.01. The molecule has 22 heavy (non-hydrogen) atoms. The first-order chi connectivity index (χ1) is 10.6. The van der Waals surface area contributed by atoms with Gasteiger partial charge in [0.25, 0.3) is 5.56 Å². The molecule has 0 amide bonds. The molecule has 2 rings (SSSR count). The van der Waals surface area contributed by atoms with Gasteiger partial charge < -0.3 is 19.7 Å². The highest BCUT2D eigenvalue weighted by molar-refractivity contribution is 5.83. The van der Waals surface area contributed by atoms with E-state index < -0.39 is 5.97 Å². The predicted molar refractivity (Wildman–Crippen MR) is 85.4 cm³/mol. The number of carboxylic acids is 1. The van der Waals surface area contributed by atoms with Gasteiger partial charge in [0.2, 0.25) is 0 Å². The fourth-order valence-electron chi connectivity index (χ4n) is 2.52. The fourth-order valence-corrected chi connectivity index (χ4v) is 2.52. The summed E-state index contributed by atoms with van der Waals surface area (Å²) in [4.78, 5) is 24.6. The molecule has 0 atom stereocenters. The number of carboxylic acid groups (broad SMARTS) is 1. The Labute approximate surface area is 128 Å². The maximum Gasteiger partial charge on any atom is 0.305 e. The van der Waals surface area contributed by atoms with Gasteiger partial charge in [-0.3, -0.25) is 9.59 Å². The summed E-state index contributed by atoms with van der Waals surface area (Å²) >= 11 is 0. The molecule has 1 aromatic heterocycles. The lowest BCUT2D eigenvalue weighted by molar-refractivity contribution is -0.136. The Bertz CT molecular complexity index is 724. The second kappa shape index (κ2) is 7.09. The highest BCUT2D eigenvalue weighted by Crippen LogP contribution is 2.21.